The van der Waals surface area contributed by atoms with Gasteiger partial charge in [0.1, 0.15) is 0 Å². The van der Waals surface area contributed by atoms with E-state index in [1.54, 1.807) is 0 Å². The molecule has 0 bridgehead atoms. The van der Waals surface area contributed by atoms with Crippen LogP contribution in [-0.2, 0) is 4.79 Å². The highest BCUT2D eigenvalue weighted by molar-refractivity contribution is 5.87. The number of carbonyl (C=O) groups is 1. The van der Waals surface area contributed by atoms with Gasteiger partial charge in [0.15, 0.2) is 0 Å². The molecule has 3 nitrogen and oxygen atoms in total. The average Bonchev–Trinajstić information content (AvgIpc) is 2.00. The number of nitrogens with zero attached hydrogens (tertiary/aromatic N) is 1. The number of nitrogens with one attached hydrogen (secondary N) is 1. The molecular weight excluding hydrogens is 152 g/mol. The molecular formula is C9H18N2O. The summed E-state index contributed by atoms with van der Waals surface area (Å²) in [6.07, 6.45) is 2.26. The summed E-state index contributed by atoms with van der Waals surface area (Å²) in [6, 6.07) is 0.220. The van der Waals surface area contributed by atoms with Crippen molar-refractivity contribution in [1.29, 1.82) is 0 Å². The van der Waals surface area contributed by atoms with Crippen molar-refractivity contribution >= 4 is 5.91 Å². The van der Waals surface area contributed by atoms with Crippen molar-refractivity contribution < 1.29 is 4.79 Å². The van der Waals surface area contributed by atoms with E-state index >= 15 is 0 Å². The second-order valence-corrected chi connectivity index (χ2v) is 3.21. The third kappa shape index (κ3) is 5.92. The molecule has 0 rings (SSSR count). The Labute approximate surface area is 74.4 Å². The van der Waals surface area contributed by atoms with Crippen molar-refractivity contribution in [2.45, 2.75) is 19.4 Å². The summed E-state index contributed by atoms with van der Waals surface area (Å²) in [6.45, 7) is 6.36. The molecule has 0 heterocycles. The maximum absolute atomic E-state index is 10.8. The van der Waals surface area contributed by atoms with Crippen molar-refractivity contribution in [2.75, 3.05) is 20.6 Å². The van der Waals surface area contributed by atoms with Gasteiger partial charge in [-0.05, 0) is 40.1 Å². The van der Waals surface area contributed by atoms with Crippen LogP contribution in [0.15, 0.2) is 12.7 Å². The van der Waals surface area contributed by atoms with Crippen LogP contribution in [0.1, 0.15) is 13.3 Å². The van der Waals surface area contributed by atoms with Crippen molar-refractivity contribution in [3.63, 3.8) is 0 Å². The van der Waals surface area contributed by atoms with E-state index in [4.69, 9.17) is 0 Å². The SMILES string of the molecule is C=CC(=O)NC(C)CCN(C)C. The Kier molecular flexibility index (Phi) is 5.37. The molecule has 0 aliphatic rings. The van der Waals surface area contributed by atoms with E-state index in [9.17, 15) is 4.79 Å². The van der Waals surface area contributed by atoms with Crippen molar-refractivity contribution in [3.05, 3.63) is 12.7 Å². The highest BCUT2D eigenvalue weighted by Gasteiger charge is 2.03. The van der Waals surface area contributed by atoms with Crippen molar-refractivity contribution in [3.8, 4) is 0 Å². The summed E-state index contributed by atoms with van der Waals surface area (Å²) >= 11 is 0. The minimum Gasteiger partial charge on any atom is -0.350 e. The number of amides is 1. The fraction of sp³-hybridized carbons (Fsp3) is 0.667. The monoisotopic (exact) mass is 170 g/mol. The van der Waals surface area contributed by atoms with Crippen LogP contribution in [0, 0.1) is 0 Å². The van der Waals surface area contributed by atoms with Crippen LogP contribution in [0.4, 0.5) is 0 Å². The van der Waals surface area contributed by atoms with Gasteiger partial charge in [-0.15, -0.1) is 0 Å². The largest absolute Gasteiger partial charge is 0.350 e. The molecule has 0 fully saturated rings. The predicted octanol–water partition coefficient (Wildman–Crippen LogP) is 0.629. The fourth-order valence-electron chi connectivity index (χ4n) is 0.826. The van der Waals surface area contributed by atoms with E-state index in [2.05, 4.69) is 16.8 Å². The van der Waals surface area contributed by atoms with Crippen LogP contribution in [0.25, 0.3) is 0 Å². The van der Waals surface area contributed by atoms with E-state index in [-0.39, 0.29) is 11.9 Å². The number of rotatable bonds is 5. The Balaban J connectivity index is 3.52. The zero-order valence-corrected chi connectivity index (χ0v) is 8.13. The summed E-state index contributed by atoms with van der Waals surface area (Å²) in [5, 5.41) is 2.80. The van der Waals surface area contributed by atoms with Crippen LogP contribution in [0.3, 0.4) is 0 Å². The summed E-state index contributed by atoms with van der Waals surface area (Å²) in [5.74, 6) is -0.0961. The fourth-order valence-corrected chi connectivity index (χ4v) is 0.826. The third-order valence-electron chi connectivity index (χ3n) is 1.58. The molecule has 0 aliphatic carbocycles. The molecule has 0 saturated carbocycles. The first-order valence-electron chi connectivity index (χ1n) is 4.14. The molecule has 0 radical (unpaired) electrons. The zero-order chi connectivity index (χ0) is 9.56. The van der Waals surface area contributed by atoms with E-state index in [1.165, 1.54) is 6.08 Å². The first-order chi connectivity index (χ1) is 5.56. The molecule has 0 saturated heterocycles. The van der Waals surface area contributed by atoms with Gasteiger partial charge in [-0.25, -0.2) is 0 Å². The first kappa shape index (κ1) is 11.2. The lowest BCUT2D eigenvalue weighted by atomic mass is 10.2. The summed E-state index contributed by atoms with van der Waals surface area (Å²) in [4.78, 5) is 12.9. The molecule has 0 aliphatic heterocycles. The van der Waals surface area contributed by atoms with Gasteiger partial charge in [0, 0.05) is 6.04 Å². The Hall–Kier alpha value is -0.830. The standard InChI is InChI=1S/C9H18N2O/c1-5-9(12)10-8(2)6-7-11(3)4/h5,8H,1,6-7H2,2-4H3,(H,10,12). The Bertz CT molecular complexity index is 155. The second kappa shape index (κ2) is 5.77. The zero-order valence-electron chi connectivity index (χ0n) is 8.13. The van der Waals surface area contributed by atoms with E-state index in [1.807, 2.05) is 21.0 Å². The molecule has 70 valence electrons. The van der Waals surface area contributed by atoms with Gasteiger partial charge in [-0.3, -0.25) is 4.79 Å². The van der Waals surface area contributed by atoms with Crippen molar-refractivity contribution in [2.24, 2.45) is 0 Å². The van der Waals surface area contributed by atoms with Crippen LogP contribution < -0.4 is 5.32 Å². The molecule has 0 aromatic heterocycles. The molecule has 0 spiro atoms. The maximum atomic E-state index is 10.8. The van der Waals surface area contributed by atoms with Gasteiger partial charge >= 0.3 is 0 Å². The predicted molar refractivity (Wildman–Crippen MR) is 51.0 cm³/mol. The number of hydrogen-bond acceptors (Lipinski definition) is 2. The average molecular weight is 170 g/mol. The molecule has 1 N–H and O–H groups in total. The van der Waals surface area contributed by atoms with Gasteiger partial charge in [-0.1, -0.05) is 6.58 Å². The molecule has 1 unspecified atom stereocenters. The second-order valence-electron chi connectivity index (χ2n) is 3.21. The smallest absolute Gasteiger partial charge is 0.243 e. The Morgan fingerprint density at radius 1 is 1.67 bits per heavy atom. The van der Waals surface area contributed by atoms with Gasteiger partial charge in [0.05, 0.1) is 0 Å². The lowest BCUT2D eigenvalue weighted by Crippen LogP contribution is -2.33. The van der Waals surface area contributed by atoms with Crippen LogP contribution >= 0.6 is 0 Å². The third-order valence-corrected chi connectivity index (χ3v) is 1.58. The lowest BCUT2D eigenvalue weighted by molar-refractivity contribution is -0.117. The highest BCUT2D eigenvalue weighted by Crippen LogP contribution is 1.91. The molecule has 12 heavy (non-hydrogen) atoms. The van der Waals surface area contributed by atoms with E-state index in [0.717, 1.165) is 13.0 Å². The first-order valence-corrected chi connectivity index (χ1v) is 4.14. The molecule has 0 aromatic rings. The molecule has 1 atom stereocenters. The highest BCUT2D eigenvalue weighted by atomic mass is 16.1. The quantitative estimate of drug-likeness (QED) is 0.614. The lowest BCUT2D eigenvalue weighted by Gasteiger charge is -2.15. The molecule has 0 aromatic carbocycles. The minimum absolute atomic E-state index is 0.0961. The molecule has 1 amide bonds. The van der Waals surface area contributed by atoms with Gasteiger partial charge in [-0.2, -0.15) is 0 Å². The van der Waals surface area contributed by atoms with E-state index < -0.39 is 0 Å². The minimum atomic E-state index is -0.0961. The topological polar surface area (TPSA) is 32.3 Å². The van der Waals surface area contributed by atoms with Crippen molar-refractivity contribution in [1.82, 2.24) is 10.2 Å². The van der Waals surface area contributed by atoms with Gasteiger partial charge in [0.2, 0.25) is 5.91 Å². The number of carbonyl (C=O) groups excluding carboxylic acids is 1. The Morgan fingerprint density at radius 2 is 2.25 bits per heavy atom. The van der Waals surface area contributed by atoms with Gasteiger partial charge in [0.25, 0.3) is 0 Å². The summed E-state index contributed by atoms with van der Waals surface area (Å²) in [7, 11) is 4.03. The van der Waals surface area contributed by atoms with Crippen LogP contribution in [-0.4, -0.2) is 37.5 Å². The Morgan fingerprint density at radius 3 is 2.67 bits per heavy atom. The van der Waals surface area contributed by atoms with E-state index in [0.29, 0.717) is 0 Å². The van der Waals surface area contributed by atoms with Crippen LogP contribution in [0.5, 0.6) is 0 Å². The molecule has 3 heteroatoms. The van der Waals surface area contributed by atoms with Gasteiger partial charge < -0.3 is 10.2 Å². The van der Waals surface area contributed by atoms with Crippen LogP contribution in [0.2, 0.25) is 0 Å². The number of hydrogen-bond donors (Lipinski definition) is 1. The summed E-state index contributed by atoms with van der Waals surface area (Å²) < 4.78 is 0. The maximum Gasteiger partial charge on any atom is 0.243 e. The summed E-state index contributed by atoms with van der Waals surface area (Å²) in [5.41, 5.74) is 0. The normalized spacial score (nSPS) is 12.7.